The SMILES string of the molecule is [B]c1c(-c2nc(-c3ccccc3)nc(-c3cc4c5ccccc5c5ccccc5c4cc3-n3c4ccccc4c4ccccc43)n2)c([B])c2c(c1[B])c1c([B])c([B])c([B])c([B])c1c1c(O)c([B])c([B])c([B])c21. The molecular formula is C57H24B10N4O. The van der Waals surface area contributed by atoms with Crippen LogP contribution in [0.5, 0.6) is 5.75 Å². The van der Waals surface area contributed by atoms with Crippen molar-refractivity contribution < 1.29 is 5.11 Å². The monoisotopic (exact) mass is 890 g/mol. The van der Waals surface area contributed by atoms with Crippen molar-refractivity contribution in [1.29, 1.82) is 0 Å². The normalized spacial score (nSPS) is 11.9. The Hall–Kier alpha value is -7.76. The second-order valence-electron chi connectivity index (χ2n) is 18.2. The number of para-hydroxylation sites is 2. The number of rotatable bonds is 4. The van der Waals surface area contributed by atoms with Crippen molar-refractivity contribution in [2.24, 2.45) is 0 Å². The quantitative estimate of drug-likeness (QED) is 0.218. The van der Waals surface area contributed by atoms with E-state index in [-0.39, 0.29) is 98.3 Å². The summed E-state index contributed by atoms with van der Waals surface area (Å²) in [6.45, 7) is 0. The minimum atomic E-state index is -0.432. The van der Waals surface area contributed by atoms with Gasteiger partial charge in [-0.15, -0.1) is 16.4 Å². The predicted molar refractivity (Wildman–Crippen MR) is 311 cm³/mol. The lowest BCUT2D eigenvalue weighted by molar-refractivity contribution is 0.486. The molecule has 0 aliphatic heterocycles. The Kier molecular flexibility index (Phi) is 9.90. The Morgan fingerprint density at radius 1 is 0.319 bits per heavy atom. The lowest BCUT2D eigenvalue weighted by Gasteiger charge is -2.28. The van der Waals surface area contributed by atoms with Crippen LogP contribution in [0.3, 0.4) is 0 Å². The maximum absolute atomic E-state index is 11.9. The summed E-state index contributed by atoms with van der Waals surface area (Å²) < 4.78 is 2.27. The molecule has 0 bridgehead atoms. The third kappa shape index (κ3) is 6.06. The fourth-order valence-corrected chi connectivity index (χ4v) is 11.0. The molecule has 2 heterocycles. The van der Waals surface area contributed by atoms with E-state index in [2.05, 4.69) is 83.4 Å². The third-order valence-corrected chi connectivity index (χ3v) is 14.4. The van der Waals surface area contributed by atoms with E-state index in [1.807, 2.05) is 60.7 Å². The molecule has 0 aliphatic carbocycles. The van der Waals surface area contributed by atoms with Crippen LogP contribution < -0.4 is 54.6 Å². The summed E-state index contributed by atoms with van der Waals surface area (Å²) in [7, 11) is 68.2. The topological polar surface area (TPSA) is 63.8 Å². The highest BCUT2D eigenvalue weighted by Crippen LogP contribution is 2.43. The molecule has 72 heavy (non-hydrogen) atoms. The van der Waals surface area contributed by atoms with Crippen molar-refractivity contribution in [2.75, 3.05) is 0 Å². The minimum absolute atomic E-state index is 0.00656. The van der Waals surface area contributed by atoms with Gasteiger partial charge in [0, 0.05) is 32.8 Å². The molecule has 0 saturated carbocycles. The molecule has 2 aromatic heterocycles. The second kappa shape index (κ2) is 16.1. The van der Waals surface area contributed by atoms with E-state index in [9.17, 15) is 5.11 Å². The number of nitrogens with zero attached hydrogens (tertiary/aromatic N) is 4. The van der Waals surface area contributed by atoms with Gasteiger partial charge >= 0.3 is 0 Å². The Morgan fingerprint density at radius 2 is 0.708 bits per heavy atom. The molecule has 0 amide bonds. The van der Waals surface area contributed by atoms with E-state index in [4.69, 9.17) is 93.4 Å². The van der Waals surface area contributed by atoms with E-state index in [0.29, 0.717) is 22.8 Å². The maximum Gasteiger partial charge on any atom is 0.166 e. The molecular weight excluding hydrogens is 865 g/mol. The fraction of sp³-hybridized carbons (Fsp3) is 0. The average molecular weight is 889 g/mol. The summed E-state index contributed by atoms with van der Waals surface area (Å²) in [6, 6.07) is 47.5. The molecule has 0 unspecified atom stereocenters. The Balaban J connectivity index is 1.22. The molecule has 308 valence electrons. The number of aromatic hydroxyl groups is 1. The van der Waals surface area contributed by atoms with Gasteiger partial charge < -0.3 is 9.67 Å². The number of benzene rings is 11. The predicted octanol–water partition coefficient (Wildman–Crippen LogP) is 2.53. The molecule has 5 nitrogen and oxygen atoms in total. The van der Waals surface area contributed by atoms with Gasteiger partial charge in [-0.25, -0.2) is 15.0 Å². The minimum Gasteiger partial charge on any atom is -0.508 e. The lowest BCUT2D eigenvalue weighted by atomic mass is 9.60. The Morgan fingerprint density at radius 3 is 1.25 bits per heavy atom. The number of hydrogen-bond acceptors (Lipinski definition) is 4. The lowest BCUT2D eigenvalue weighted by Crippen LogP contribution is -2.49. The first-order valence-corrected chi connectivity index (χ1v) is 23.0. The number of aromatic nitrogens is 4. The van der Waals surface area contributed by atoms with Gasteiger partial charge in [-0.05, 0) is 83.5 Å². The summed E-state index contributed by atoms with van der Waals surface area (Å²) in [5.74, 6) is 0.286. The first-order valence-electron chi connectivity index (χ1n) is 23.0. The van der Waals surface area contributed by atoms with Crippen molar-refractivity contribution >= 4 is 220 Å². The summed E-state index contributed by atoms with van der Waals surface area (Å²) in [4.78, 5) is 15.8. The first kappa shape index (κ1) is 44.2. The van der Waals surface area contributed by atoms with Gasteiger partial charge in [-0.1, -0.05) is 154 Å². The first-order chi connectivity index (χ1) is 34.8. The van der Waals surface area contributed by atoms with Crippen molar-refractivity contribution in [3.63, 3.8) is 0 Å². The van der Waals surface area contributed by atoms with Crippen LogP contribution in [0.15, 0.2) is 140 Å². The van der Waals surface area contributed by atoms with Crippen LogP contribution in [0, 0.1) is 0 Å². The highest BCUT2D eigenvalue weighted by molar-refractivity contribution is 6.73. The highest BCUT2D eigenvalue weighted by atomic mass is 16.3. The number of phenolic OH excluding ortho intramolecular Hbond substituents is 1. The largest absolute Gasteiger partial charge is 0.508 e. The smallest absolute Gasteiger partial charge is 0.166 e. The van der Waals surface area contributed by atoms with Gasteiger partial charge in [-0.3, -0.25) is 0 Å². The zero-order valence-electron chi connectivity index (χ0n) is 38.3. The Labute approximate surface area is 427 Å². The summed E-state index contributed by atoms with van der Waals surface area (Å²) in [5.41, 5.74) is 4.03. The van der Waals surface area contributed by atoms with Crippen LogP contribution in [-0.4, -0.2) is 103 Å². The molecule has 0 atom stereocenters. The van der Waals surface area contributed by atoms with Crippen LogP contribution >= 0.6 is 0 Å². The molecule has 15 heteroatoms. The molecule has 13 rings (SSSR count). The van der Waals surface area contributed by atoms with E-state index in [1.165, 1.54) is 0 Å². The third-order valence-electron chi connectivity index (χ3n) is 14.4. The van der Waals surface area contributed by atoms with Crippen molar-refractivity contribution in [1.82, 2.24) is 19.5 Å². The fourth-order valence-electron chi connectivity index (χ4n) is 11.0. The molecule has 0 aliphatic rings. The molecule has 0 saturated heterocycles. The molecule has 0 spiro atoms. The molecule has 20 radical (unpaired) electrons. The van der Waals surface area contributed by atoms with Crippen LogP contribution in [0.25, 0.3) is 126 Å². The van der Waals surface area contributed by atoms with Gasteiger partial charge in [0.25, 0.3) is 0 Å². The zero-order valence-corrected chi connectivity index (χ0v) is 38.3. The van der Waals surface area contributed by atoms with Crippen molar-refractivity contribution in [3.05, 3.63) is 140 Å². The summed E-state index contributed by atoms with van der Waals surface area (Å²) in [6.07, 6.45) is 0. The standard InChI is InChI=1S/C57H24B10N4O/c58-44-37-38(39-41(47(61)51(65)50(64)46(39)60)42-40(37)48(62)52(66)53(67)54(42)72)45(59)49(63)43(44)57-69-55(24-12-2-1-3-13-24)68-56(70-57)33-22-31-27-16-6-4-14-25(27)26-15-5-7-17-28(26)32(31)23-36(33)71-34-20-10-8-18-29(34)30-19-9-11-21-35(30)71/h1-23,72H. The molecule has 0 fully saturated rings. The van der Waals surface area contributed by atoms with Crippen LogP contribution in [0.4, 0.5) is 0 Å². The average Bonchev–Trinajstić information content (AvgIpc) is 3.75. The van der Waals surface area contributed by atoms with Gasteiger partial charge in [0.15, 0.2) is 17.5 Å². The van der Waals surface area contributed by atoms with Gasteiger partial charge in [0.1, 0.15) is 84.2 Å². The number of fused-ring (bicyclic) bond motifs is 15. The Bertz CT molecular complexity index is 4500. The van der Waals surface area contributed by atoms with E-state index >= 15 is 0 Å². The molecule has 11 aromatic carbocycles. The number of hydrogen-bond donors (Lipinski definition) is 1. The highest BCUT2D eigenvalue weighted by Gasteiger charge is 2.27. The van der Waals surface area contributed by atoms with E-state index in [1.54, 1.807) is 0 Å². The van der Waals surface area contributed by atoms with Gasteiger partial charge in [0.2, 0.25) is 0 Å². The second-order valence-corrected chi connectivity index (χ2v) is 18.2. The van der Waals surface area contributed by atoms with Gasteiger partial charge in [0.05, 0.1) is 16.7 Å². The number of phenols is 1. The molecule has 1 N–H and O–H groups in total. The maximum atomic E-state index is 11.9. The van der Waals surface area contributed by atoms with E-state index in [0.717, 1.165) is 59.8 Å². The zero-order chi connectivity index (χ0) is 49.6. The van der Waals surface area contributed by atoms with Crippen LogP contribution in [-0.2, 0) is 0 Å². The summed E-state index contributed by atoms with van der Waals surface area (Å²) in [5, 5.41) is 21.6. The van der Waals surface area contributed by atoms with Crippen LogP contribution in [0.2, 0.25) is 0 Å². The van der Waals surface area contributed by atoms with E-state index < -0.39 is 5.75 Å². The summed E-state index contributed by atoms with van der Waals surface area (Å²) >= 11 is 0. The van der Waals surface area contributed by atoms with Crippen LogP contribution in [0.1, 0.15) is 0 Å². The van der Waals surface area contributed by atoms with Crippen molar-refractivity contribution in [3.8, 4) is 45.6 Å². The van der Waals surface area contributed by atoms with Gasteiger partial charge in [-0.2, -0.15) is 0 Å². The van der Waals surface area contributed by atoms with Crippen molar-refractivity contribution in [2.45, 2.75) is 0 Å². The molecule has 13 aromatic rings.